The normalized spacial score (nSPS) is 14.1. The molecule has 0 unspecified atom stereocenters. The molecule has 1 radical (unpaired) electrons. The van der Waals surface area contributed by atoms with Gasteiger partial charge >= 0.3 is 0 Å². The van der Waals surface area contributed by atoms with E-state index in [9.17, 15) is 0 Å². The van der Waals surface area contributed by atoms with Crippen LogP contribution in [0.15, 0.2) is 34.9 Å². The molecule has 1 fully saturated rings. The van der Waals surface area contributed by atoms with Crippen LogP contribution in [-0.4, -0.2) is 0 Å². The zero-order valence-electron chi connectivity index (χ0n) is 17.8. The third-order valence-corrected chi connectivity index (χ3v) is 4.43. The molecule has 0 aromatic heterocycles. The molecule has 2 heteroatoms. The molecule has 0 aliphatic heterocycles. The summed E-state index contributed by atoms with van der Waals surface area (Å²) in [5.41, 5.74) is 4.61. The molecule has 0 saturated heterocycles. The summed E-state index contributed by atoms with van der Waals surface area (Å²) in [7, 11) is 0. The molecule has 2 aliphatic rings. The first-order valence-corrected chi connectivity index (χ1v) is 9.48. The van der Waals surface area contributed by atoms with Gasteiger partial charge in [-0.15, -0.1) is 0 Å². The average molecular weight is 413 g/mol. The van der Waals surface area contributed by atoms with Crippen molar-refractivity contribution in [3.05, 3.63) is 34.9 Å². The van der Waals surface area contributed by atoms with E-state index >= 15 is 0 Å². The van der Waals surface area contributed by atoms with Crippen LogP contribution in [0.4, 0.5) is 0 Å². The molecule has 0 heterocycles. The van der Waals surface area contributed by atoms with Crippen LogP contribution < -0.4 is 0 Å². The Morgan fingerprint density at radius 1 is 0.833 bits per heavy atom. The molecule has 0 bridgehead atoms. The van der Waals surface area contributed by atoms with Gasteiger partial charge in [-0.1, -0.05) is 103 Å². The Morgan fingerprint density at radius 3 is 1.46 bits per heavy atom. The van der Waals surface area contributed by atoms with Crippen LogP contribution in [-0.2, 0) is 35.6 Å². The van der Waals surface area contributed by atoms with Gasteiger partial charge < -0.3 is 0 Å². The van der Waals surface area contributed by atoms with Gasteiger partial charge in [-0.05, 0) is 32.8 Å². The predicted molar refractivity (Wildman–Crippen MR) is 105 cm³/mol. The first kappa shape index (κ1) is 32.0. The standard InChI is InChI=1S/C13H20.C5H10.2C2H6.Fe.V/c1-10(2)11(3)13(4,5)12-8-6-7-9-12;1-2-4-5-3-1;2*1-2;;/h6,8-9H,7H2,1-5H3;1-5H2;2*1-2H3;;. The molecule has 143 valence electrons. The Kier molecular flexibility index (Phi) is 26.2. The van der Waals surface area contributed by atoms with Gasteiger partial charge in [0.1, 0.15) is 0 Å². The van der Waals surface area contributed by atoms with Crippen LogP contribution in [0.3, 0.4) is 0 Å². The SMILES string of the molecule is C1CCCC1.CC.CC.CC(C)=C(C)C(C)(C)C1=CCC=C1.[Fe].[V]. The van der Waals surface area contributed by atoms with Crippen LogP contribution in [0, 0.1) is 5.41 Å². The van der Waals surface area contributed by atoms with E-state index in [4.69, 9.17) is 0 Å². The van der Waals surface area contributed by atoms with Crippen LogP contribution >= 0.6 is 0 Å². The van der Waals surface area contributed by atoms with Gasteiger partial charge in [0.2, 0.25) is 0 Å². The topological polar surface area (TPSA) is 0 Å². The summed E-state index contributed by atoms with van der Waals surface area (Å²) in [6, 6.07) is 0. The van der Waals surface area contributed by atoms with Crippen LogP contribution in [0.25, 0.3) is 0 Å². The fourth-order valence-corrected chi connectivity index (χ4v) is 2.65. The molecular weight excluding hydrogens is 371 g/mol. The van der Waals surface area contributed by atoms with Crippen molar-refractivity contribution in [2.45, 2.75) is 101 Å². The Labute approximate surface area is 176 Å². The van der Waals surface area contributed by atoms with E-state index in [1.54, 1.807) is 0 Å². The van der Waals surface area contributed by atoms with E-state index < -0.39 is 0 Å². The summed E-state index contributed by atoms with van der Waals surface area (Å²) >= 11 is 0. The molecule has 0 spiro atoms. The summed E-state index contributed by atoms with van der Waals surface area (Å²) in [6.45, 7) is 19.2. The second-order valence-corrected chi connectivity index (χ2v) is 6.32. The molecule has 1 saturated carbocycles. The Morgan fingerprint density at radius 2 is 1.21 bits per heavy atom. The van der Waals surface area contributed by atoms with Crippen molar-refractivity contribution in [3.8, 4) is 0 Å². The maximum absolute atomic E-state index is 2.33. The van der Waals surface area contributed by atoms with Crippen molar-refractivity contribution in [3.63, 3.8) is 0 Å². The van der Waals surface area contributed by atoms with Crippen molar-refractivity contribution < 1.29 is 35.6 Å². The van der Waals surface area contributed by atoms with E-state index in [2.05, 4.69) is 52.8 Å². The Balaban J connectivity index is -0.000000154. The number of hydrogen-bond donors (Lipinski definition) is 0. The minimum absolute atomic E-state index is 0. The second kappa shape index (κ2) is 19.6. The van der Waals surface area contributed by atoms with Crippen LogP contribution in [0.1, 0.15) is 101 Å². The van der Waals surface area contributed by atoms with E-state index in [0.717, 1.165) is 6.42 Å². The van der Waals surface area contributed by atoms with E-state index in [1.807, 2.05) is 27.7 Å². The monoisotopic (exact) mass is 413 g/mol. The minimum Gasteiger partial charge on any atom is -0.0804 e. The van der Waals surface area contributed by atoms with Gasteiger partial charge in [0.05, 0.1) is 0 Å². The van der Waals surface area contributed by atoms with E-state index in [0.29, 0.717) is 0 Å². The maximum atomic E-state index is 2.33. The molecule has 0 nitrogen and oxygen atoms in total. The summed E-state index contributed by atoms with van der Waals surface area (Å²) in [6.07, 6.45) is 15.4. The maximum Gasteiger partial charge on any atom is 0.0102 e. The Bertz CT molecular complexity index is 343. The zero-order valence-corrected chi connectivity index (χ0v) is 20.3. The third kappa shape index (κ3) is 12.7. The van der Waals surface area contributed by atoms with E-state index in [1.165, 1.54) is 48.8 Å². The average Bonchev–Trinajstić information content (AvgIpc) is 3.25. The largest absolute Gasteiger partial charge is 0.0804 e. The molecular formula is C22H42FeV. The first-order valence-electron chi connectivity index (χ1n) is 9.48. The zero-order chi connectivity index (χ0) is 17.6. The van der Waals surface area contributed by atoms with Gasteiger partial charge in [0.15, 0.2) is 0 Å². The molecule has 0 N–H and O–H groups in total. The van der Waals surface area contributed by atoms with Crippen molar-refractivity contribution in [2.75, 3.05) is 0 Å². The molecule has 2 aliphatic carbocycles. The molecule has 0 amide bonds. The summed E-state index contributed by atoms with van der Waals surface area (Å²) in [4.78, 5) is 0. The number of rotatable bonds is 2. The van der Waals surface area contributed by atoms with Crippen molar-refractivity contribution in [1.29, 1.82) is 0 Å². The molecule has 0 atom stereocenters. The first-order chi connectivity index (χ1) is 10.5. The summed E-state index contributed by atoms with van der Waals surface area (Å²) in [5.74, 6) is 0. The fraction of sp³-hybridized carbons (Fsp3) is 0.727. The third-order valence-electron chi connectivity index (χ3n) is 4.43. The molecule has 2 rings (SSSR count). The fourth-order valence-electron chi connectivity index (χ4n) is 2.65. The van der Waals surface area contributed by atoms with Gasteiger partial charge in [-0.25, -0.2) is 0 Å². The summed E-state index contributed by atoms with van der Waals surface area (Å²) in [5, 5.41) is 0. The molecule has 0 aromatic rings. The molecule has 24 heavy (non-hydrogen) atoms. The van der Waals surface area contributed by atoms with Crippen molar-refractivity contribution >= 4 is 0 Å². The minimum atomic E-state index is 0. The quantitative estimate of drug-likeness (QED) is 0.316. The second-order valence-electron chi connectivity index (χ2n) is 6.32. The Hall–Kier alpha value is 0.324. The van der Waals surface area contributed by atoms with E-state index in [-0.39, 0.29) is 41.0 Å². The number of allylic oxidation sites excluding steroid dienone is 6. The molecule has 0 aromatic carbocycles. The van der Waals surface area contributed by atoms with Crippen molar-refractivity contribution in [2.24, 2.45) is 5.41 Å². The summed E-state index contributed by atoms with van der Waals surface area (Å²) < 4.78 is 0. The van der Waals surface area contributed by atoms with Crippen LogP contribution in [0.5, 0.6) is 0 Å². The predicted octanol–water partition coefficient (Wildman–Crippen LogP) is 8.25. The van der Waals surface area contributed by atoms with Crippen LogP contribution in [0.2, 0.25) is 0 Å². The smallest absolute Gasteiger partial charge is 0.0102 e. The van der Waals surface area contributed by atoms with Gasteiger partial charge in [0, 0.05) is 41.0 Å². The van der Waals surface area contributed by atoms with Gasteiger partial charge in [-0.2, -0.15) is 0 Å². The number of hydrogen-bond acceptors (Lipinski definition) is 0. The van der Waals surface area contributed by atoms with Gasteiger partial charge in [0.25, 0.3) is 0 Å². The van der Waals surface area contributed by atoms with Gasteiger partial charge in [-0.3, -0.25) is 0 Å². The van der Waals surface area contributed by atoms with Crippen molar-refractivity contribution in [1.82, 2.24) is 0 Å².